The molecule has 1 aliphatic carbocycles. The van der Waals surface area contributed by atoms with Gasteiger partial charge in [-0.15, -0.1) is 0 Å². The topological polar surface area (TPSA) is 63.3 Å². The van der Waals surface area contributed by atoms with Crippen molar-refractivity contribution in [1.29, 1.82) is 0 Å². The smallest absolute Gasteiger partial charge is 0.156 e. The third kappa shape index (κ3) is 2.02. The van der Waals surface area contributed by atoms with Gasteiger partial charge < -0.3 is 10.8 Å². The number of rotatable bonds is 3. The number of phenols is 1. The summed E-state index contributed by atoms with van der Waals surface area (Å²) < 4.78 is 0. The lowest BCUT2D eigenvalue weighted by Gasteiger charge is -2.36. The second-order valence-corrected chi connectivity index (χ2v) is 4.28. The van der Waals surface area contributed by atoms with Gasteiger partial charge in [0.05, 0.1) is 5.54 Å². The van der Waals surface area contributed by atoms with Crippen LogP contribution in [0, 0.1) is 0 Å². The summed E-state index contributed by atoms with van der Waals surface area (Å²) in [5.41, 5.74) is 6.16. The molecular weight excluding hydrogens is 190 g/mol. The Balaban J connectivity index is 2.06. The van der Waals surface area contributed by atoms with Gasteiger partial charge in [0, 0.05) is 6.42 Å². The Bertz CT molecular complexity index is 383. The monoisotopic (exact) mass is 205 g/mol. The molecule has 1 fully saturated rings. The first-order valence-corrected chi connectivity index (χ1v) is 5.20. The van der Waals surface area contributed by atoms with E-state index in [0.717, 1.165) is 24.8 Å². The molecule has 0 radical (unpaired) electrons. The molecule has 1 aliphatic rings. The zero-order valence-corrected chi connectivity index (χ0v) is 8.57. The standard InChI is InChI=1S/C12H15NO2/c13-12(5-2-6-12)11(15)8-9-3-1-4-10(14)7-9/h1,3-4,7,14H,2,5-6,8,13H2. The summed E-state index contributed by atoms with van der Waals surface area (Å²) in [5.74, 6) is 0.277. The number of hydrogen-bond acceptors (Lipinski definition) is 3. The van der Waals surface area contributed by atoms with E-state index in [2.05, 4.69) is 0 Å². The molecule has 0 heterocycles. The minimum absolute atomic E-state index is 0.0827. The SMILES string of the molecule is NC1(C(=O)Cc2cccc(O)c2)CCC1. The Kier molecular flexibility index (Phi) is 2.49. The van der Waals surface area contributed by atoms with Gasteiger partial charge in [0.2, 0.25) is 0 Å². The molecule has 1 aromatic carbocycles. The first kappa shape index (κ1) is 10.2. The van der Waals surface area contributed by atoms with Gasteiger partial charge in [0.1, 0.15) is 5.75 Å². The number of carbonyl (C=O) groups is 1. The van der Waals surface area contributed by atoms with Crippen molar-refractivity contribution in [3.63, 3.8) is 0 Å². The third-order valence-electron chi connectivity index (χ3n) is 3.08. The number of hydrogen-bond donors (Lipinski definition) is 2. The van der Waals surface area contributed by atoms with E-state index in [0.29, 0.717) is 6.42 Å². The first-order valence-electron chi connectivity index (χ1n) is 5.20. The number of ketones is 1. The minimum atomic E-state index is -0.592. The average molecular weight is 205 g/mol. The van der Waals surface area contributed by atoms with Gasteiger partial charge in [-0.25, -0.2) is 0 Å². The maximum absolute atomic E-state index is 11.8. The van der Waals surface area contributed by atoms with E-state index in [-0.39, 0.29) is 11.5 Å². The van der Waals surface area contributed by atoms with E-state index in [1.165, 1.54) is 0 Å². The van der Waals surface area contributed by atoms with Crippen molar-refractivity contribution < 1.29 is 9.90 Å². The molecule has 3 nitrogen and oxygen atoms in total. The minimum Gasteiger partial charge on any atom is -0.508 e. The molecule has 3 heteroatoms. The van der Waals surface area contributed by atoms with Crippen LogP contribution in [-0.2, 0) is 11.2 Å². The highest BCUT2D eigenvalue weighted by atomic mass is 16.3. The molecule has 0 bridgehead atoms. The number of nitrogens with two attached hydrogens (primary N) is 1. The Labute approximate surface area is 88.9 Å². The second-order valence-electron chi connectivity index (χ2n) is 4.28. The first-order chi connectivity index (χ1) is 7.10. The number of phenolic OH excluding ortho intramolecular Hbond substituents is 1. The predicted molar refractivity (Wildman–Crippen MR) is 57.6 cm³/mol. The molecule has 3 N–H and O–H groups in total. The Morgan fingerprint density at radius 1 is 1.47 bits per heavy atom. The predicted octanol–water partition coefficient (Wildman–Crippen LogP) is 1.39. The quantitative estimate of drug-likeness (QED) is 0.783. The van der Waals surface area contributed by atoms with Gasteiger partial charge in [0.15, 0.2) is 5.78 Å². The van der Waals surface area contributed by atoms with Crippen molar-refractivity contribution in [1.82, 2.24) is 0 Å². The summed E-state index contributed by atoms with van der Waals surface area (Å²) in [6.07, 6.45) is 2.96. The van der Waals surface area contributed by atoms with Crippen LogP contribution in [0.1, 0.15) is 24.8 Å². The van der Waals surface area contributed by atoms with Crippen molar-refractivity contribution in [3.05, 3.63) is 29.8 Å². The summed E-state index contributed by atoms with van der Waals surface area (Å²) in [5, 5.41) is 9.26. The maximum atomic E-state index is 11.8. The van der Waals surface area contributed by atoms with Crippen LogP contribution in [0.2, 0.25) is 0 Å². The molecule has 1 aromatic rings. The van der Waals surface area contributed by atoms with E-state index in [1.807, 2.05) is 6.07 Å². The molecule has 0 amide bonds. The van der Waals surface area contributed by atoms with Crippen molar-refractivity contribution >= 4 is 5.78 Å². The van der Waals surface area contributed by atoms with Crippen LogP contribution in [0.25, 0.3) is 0 Å². The lowest BCUT2D eigenvalue weighted by Crippen LogP contribution is -2.54. The van der Waals surface area contributed by atoms with Crippen LogP contribution in [-0.4, -0.2) is 16.4 Å². The molecule has 2 rings (SSSR count). The van der Waals surface area contributed by atoms with Gasteiger partial charge in [-0.1, -0.05) is 12.1 Å². The number of Topliss-reactive ketones (excluding diaryl/α,β-unsaturated/α-hetero) is 1. The number of benzene rings is 1. The Morgan fingerprint density at radius 3 is 2.73 bits per heavy atom. The second kappa shape index (κ2) is 3.66. The van der Waals surface area contributed by atoms with Crippen LogP contribution in [0.3, 0.4) is 0 Å². The van der Waals surface area contributed by atoms with Crippen LogP contribution in [0.5, 0.6) is 5.75 Å². The van der Waals surface area contributed by atoms with Gasteiger partial charge in [-0.3, -0.25) is 4.79 Å². The normalized spacial score (nSPS) is 18.2. The molecule has 15 heavy (non-hydrogen) atoms. The van der Waals surface area contributed by atoms with Gasteiger partial charge in [-0.05, 0) is 37.0 Å². The van der Waals surface area contributed by atoms with Crippen molar-refractivity contribution in [2.75, 3.05) is 0 Å². The van der Waals surface area contributed by atoms with Crippen LogP contribution >= 0.6 is 0 Å². The summed E-state index contributed by atoms with van der Waals surface area (Å²) in [6.45, 7) is 0. The molecule has 1 saturated carbocycles. The van der Waals surface area contributed by atoms with Crippen molar-refractivity contribution in [3.8, 4) is 5.75 Å². The lowest BCUT2D eigenvalue weighted by molar-refractivity contribution is -0.126. The lowest BCUT2D eigenvalue weighted by atomic mass is 9.73. The number of carbonyl (C=O) groups excluding carboxylic acids is 1. The van der Waals surface area contributed by atoms with E-state index >= 15 is 0 Å². The summed E-state index contributed by atoms with van der Waals surface area (Å²) in [6, 6.07) is 6.77. The van der Waals surface area contributed by atoms with Crippen LogP contribution < -0.4 is 5.73 Å². The summed E-state index contributed by atoms with van der Waals surface area (Å²) >= 11 is 0. The molecule has 0 aliphatic heterocycles. The van der Waals surface area contributed by atoms with Gasteiger partial charge in [-0.2, -0.15) is 0 Å². The molecular formula is C12H15NO2. The molecule has 0 saturated heterocycles. The summed E-state index contributed by atoms with van der Waals surface area (Å²) in [7, 11) is 0. The van der Waals surface area contributed by atoms with E-state index in [4.69, 9.17) is 5.73 Å². The average Bonchev–Trinajstić information content (AvgIpc) is 2.14. The molecule has 0 spiro atoms. The number of aromatic hydroxyl groups is 1. The third-order valence-corrected chi connectivity index (χ3v) is 3.08. The van der Waals surface area contributed by atoms with E-state index in [9.17, 15) is 9.90 Å². The van der Waals surface area contributed by atoms with Crippen LogP contribution in [0.4, 0.5) is 0 Å². The highest BCUT2D eigenvalue weighted by molar-refractivity contribution is 5.90. The Morgan fingerprint density at radius 2 is 2.20 bits per heavy atom. The highest BCUT2D eigenvalue weighted by Crippen LogP contribution is 2.31. The Hall–Kier alpha value is -1.35. The summed E-state index contributed by atoms with van der Waals surface area (Å²) in [4.78, 5) is 11.8. The van der Waals surface area contributed by atoms with E-state index < -0.39 is 5.54 Å². The van der Waals surface area contributed by atoms with Crippen molar-refractivity contribution in [2.24, 2.45) is 5.73 Å². The zero-order chi connectivity index (χ0) is 10.9. The largest absolute Gasteiger partial charge is 0.508 e. The fourth-order valence-electron chi connectivity index (χ4n) is 1.86. The fourth-order valence-corrected chi connectivity index (χ4v) is 1.86. The molecule has 0 unspecified atom stereocenters. The van der Waals surface area contributed by atoms with E-state index in [1.54, 1.807) is 18.2 Å². The molecule has 0 aromatic heterocycles. The molecule has 80 valence electrons. The van der Waals surface area contributed by atoms with Gasteiger partial charge >= 0.3 is 0 Å². The highest BCUT2D eigenvalue weighted by Gasteiger charge is 2.39. The van der Waals surface area contributed by atoms with Gasteiger partial charge in [0.25, 0.3) is 0 Å². The van der Waals surface area contributed by atoms with Crippen LogP contribution in [0.15, 0.2) is 24.3 Å². The zero-order valence-electron chi connectivity index (χ0n) is 8.57. The molecule has 0 atom stereocenters. The maximum Gasteiger partial charge on any atom is 0.156 e. The fraction of sp³-hybridized carbons (Fsp3) is 0.417. The van der Waals surface area contributed by atoms with Crippen molar-refractivity contribution in [2.45, 2.75) is 31.2 Å².